The van der Waals surface area contributed by atoms with Crippen LogP contribution in [0.4, 0.5) is 0 Å². The lowest BCUT2D eigenvalue weighted by Gasteiger charge is -2.34. The topological polar surface area (TPSA) is 66.7 Å². The van der Waals surface area contributed by atoms with E-state index in [4.69, 9.17) is 9.73 Å². The third kappa shape index (κ3) is 8.19. The van der Waals surface area contributed by atoms with Crippen molar-refractivity contribution in [2.24, 2.45) is 10.9 Å². The van der Waals surface area contributed by atoms with Crippen molar-refractivity contribution >= 4 is 5.96 Å². The summed E-state index contributed by atoms with van der Waals surface area (Å²) in [6.07, 6.45) is 7.34. The standard InChI is InChI=1S/C21H40N6O/c1-5-22-21(24-8-6-7-10-26-11-9-23-19(26)4)25-17-20(16-18(2)3)27-12-14-28-15-13-27/h9,11,18,20H,5-8,10,12-17H2,1-4H3,(H2,22,24,25). The Kier molecular flexibility index (Phi) is 10.4. The molecule has 0 amide bonds. The Bertz CT molecular complexity index is 565. The summed E-state index contributed by atoms with van der Waals surface area (Å²) in [5.74, 6) is 2.69. The van der Waals surface area contributed by atoms with Crippen molar-refractivity contribution in [1.82, 2.24) is 25.1 Å². The van der Waals surface area contributed by atoms with Gasteiger partial charge in [0.05, 0.1) is 19.8 Å². The number of morpholine rings is 1. The highest BCUT2D eigenvalue weighted by molar-refractivity contribution is 5.79. The van der Waals surface area contributed by atoms with Gasteiger partial charge in [-0.2, -0.15) is 0 Å². The minimum Gasteiger partial charge on any atom is -0.379 e. The third-order valence-electron chi connectivity index (χ3n) is 5.15. The maximum absolute atomic E-state index is 5.52. The quantitative estimate of drug-likeness (QED) is 0.344. The Hall–Kier alpha value is -1.60. The van der Waals surface area contributed by atoms with Crippen LogP contribution in [0.15, 0.2) is 17.4 Å². The maximum atomic E-state index is 5.52. The monoisotopic (exact) mass is 392 g/mol. The molecule has 28 heavy (non-hydrogen) atoms. The van der Waals surface area contributed by atoms with Crippen LogP contribution in [-0.2, 0) is 11.3 Å². The molecule has 2 rings (SSSR count). The summed E-state index contributed by atoms with van der Waals surface area (Å²) in [5, 5.41) is 6.89. The molecule has 7 nitrogen and oxygen atoms in total. The van der Waals surface area contributed by atoms with E-state index in [9.17, 15) is 0 Å². The first-order valence-corrected chi connectivity index (χ1v) is 10.9. The molecule has 7 heteroatoms. The molecule has 1 aromatic rings. The zero-order chi connectivity index (χ0) is 20.2. The molecule has 0 saturated carbocycles. The van der Waals surface area contributed by atoms with Crippen LogP contribution in [-0.4, -0.2) is 72.4 Å². The predicted molar refractivity (Wildman–Crippen MR) is 116 cm³/mol. The Morgan fingerprint density at radius 1 is 1.25 bits per heavy atom. The normalized spacial score (nSPS) is 17.1. The number of aliphatic imine (C=N–C) groups is 1. The lowest BCUT2D eigenvalue weighted by Crippen LogP contribution is -2.46. The average Bonchev–Trinajstić information content (AvgIpc) is 3.09. The summed E-state index contributed by atoms with van der Waals surface area (Å²) in [4.78, 5) is 11.7. The number of nitrogens with zero attached hydrogens (tertiary/aromatic N) is 4. The number of hydrogen-bond donors (Lipinski definition) is 2. The van der Waals surface area contributed by atoms with Gasteiger partial charge in [0.1, 0.15) is 5.82 Å². The Morgan fingerprint density at radius 2 is 2.04 bits per heavy atom. The molecule has 160 valence electrons. The molecule has 1 fully saturated rings. The van der Waals surface area contributed by atoms with Gasteiger partial charge in [-0.1, -0.05) is 13.8 Å². The Morgan fingerprint density at radius 3 is 2.68 bits per heavy atom. The van der Waals surface area contributed by atoms with E-state index < -0.39 is 0 Å². The number of unbranched alkanes of at least 4 members (excludes halogenated alkanes) is 1. The van der Waals surface area contributed by atoms with Crippen LogP contribution in [0.25, 0.3) is 0 Å². The zero-order valence-corrected chi connectivity index (χ0v) is 18.3. The summed E-state index contributed by atoms with van der Waals surface area (Å²) in [5.41, 5.74) is 0. The molecule has 0 aliphatic carbocycles. The smallest absolute Gasteiger partial charge is 0.191 e. The molecule has 2 heterocycles. The van der Waals surface area contributed by atoms with Gasteiger partial charge in [0.15, 0.2) is 5.96 Å². The molecular weight excluding hydrogens is 352 g/mol. The number of hydrogen-bond acceptors (Lipinski definition) is 4. The molecule has 1 aliphatic rings. The van der Waals surface area contributed by atoms with E-state index in [1.165, 1.54) is 6.42 Å². The summed E-state index contributed by atoms with van der Waals surface area (Å²) in [7, 11) is 0. The van der Waals surface area contributed by atoms with Crippen molar-refractivity contribution in [2.75, 3.05) is 45.9 Å². The van der Waals surface area contributed by atoms with E-state index >= 15 is 0 Å². The molecule has 1 atom stereocenters. The van der Waals surface area contributed by atoms with Crippen LogP contribution in [0, 0.1) is 12.8 Å². The summed E-state index contributed by atoms with van der Waals surface area (Å²) in [6, 6.07) is 0.489. The van der Waals surface area contributed by atoms with Crippen molar-refractivity contribution < 1.29 is 4.74 Å². The molecule has 1 aliphatic heterocycles. The van der Waals surface area contributed by atoms with Gasteiger partial charge in [0, 0.05) is 51.2 Å². The molecule has 0 spiro atoms. The predicted octanol–water partition coefficient (Wildman–Crippen LogP) is 2.27. The summed E-state index contributed by atoms with van der Waals surface area (Å²) >= 11 is 0. The van der Waals surface area contributed by atoms with E-state index in [2.05, 4.69) is 59.0 Å². The summed E-state index contributed by atoms with van der Waals surface area (Å²) < 4.78 is 7.73. The van der Waals surface area contributed by atoms with E-state index in [-0.39, 0.29) is 0 Å². The first-order valence-electron chi connectivity index (χ1n) is 10.9. The van der Waals surface area contributed by atoms with Gasteiger partial charge >= 0.3 is 0 Å². The zero-order valence-electron chi connectivity index (χ0n) is 18.3. The minimum absolute atomic E-state index is 0.489. The van der Waals surface area contributed by atoms with E-state index in [0.29, 0.717) is 12.0 Å². The van der Waals surface area contributed by atoms with Crippen LogP contribution < -0.4 is 10.6 Å². The van der Waals surface area contributed by atoms with Crippen LogP contribution in [0.1, 0.15) is 45.9 Å². The lowest BCUT2D eigenvalue weighted by atomic mass is 10.0. The fraction of sp³-hybridized carbons (Fsp3) is 0.810. The second-order valence-corrected chi connectivity index (χ2v) is 7.95. The summed E-state index contributed by atoms with van der Waals surface area (Å²) in [6.45, 7) is 16.2. The SMILES string of the molecule is CCNC(=NCC(CC(C)C)N1CCOCC1)NCCCCn1ccnc1C. The number of nitrogens with one attached hydrogen (secondary N) is 2. The first-order chi connectivity index (χ1) is 13.6. The molecule has 0 radical (unpaired) electrons. The van der Waals surface area contributed by atoms with Gasteiger partial charge in [0.2, 0.25) is 0 Å². The van der Waals surface area contributed by atoms with Crippen LogP contribution >= 0.6 is 0 Å². The average molecular weight is 393 g/mol. The molecule has 1 aromatic heterocycles. The number of aryl methyl sites for hydroxylation is 2. The second kappa shape index (κ2) is 12.8. The second-order valence-electron chi connectivity index (χ2n) is 7.95. The van der Waals surface area contributed by atoms with Gasteiger partial charge in [-0.25, -0.2) is 4.98 Å². The van der Waals surface area contributed by atoms with E-state index in [0.717, 1.165) is 77.1 Å². The maximum Gasteiger partial charge on any atom is 0.191 e. The minimum atomic E-state index is 0.489. The van der Waals surface area contributed by atoms with Gasteiger partial charge in [-0.05, 0) is 39.0 Å². The van der Waals surface area contributed by atoms with Crippen molar-refractivity contribution in [3.05, 3.63) is 18.2 Å². The first kappa shape index (κ1) is 22.7. The lowest BCUT2D eigenvalue weighted by molar-refractivity contribution is 0.0143. The Balaban J connectivity index is 1.78. The number of aromatic nitrogens is 2. The number of ether oxygens (including phenoxy) is 1. The largest absolute Gasteiger partial charge is 0.379 e. The highest BCUT2D eigenvalue weighted by atomic mass is 16.5. The van der Waals surface area contributed by atoms with Gasteiger partial charge < -0.3 is 19.9 Å². The molecule has 1 unspecified atom stereocenters. The van der Waals surface area contributed by atoms with Crippen LogP contribution in [0.2, 0.25) is 0 Å². The fourth-order valence-electron chi connectivity index (χ4n) is 3.62. The van der Waals surface area contributed by atoms with Crippen molar-refractivity contribution in [3.63, 3.8) is 0 Å². The molecule has 2 N–H and O–H groups in total. The van der Waals surface area contributed by atoms with Crippen molar-refractivity contribution in [1.29, 1.82) is 0 Å². The molecular formula is C21H40N6O. The highest BCUT2D eigenvalue weighted by Gasteiger charge is 2.21. The number of imidazole rings is 1. The van der Waals surface area contributed by atoms with Gasteiger partial charge in [-0.3, -0.25) is 9.89 Å². The number of rotatable bonds is 11. The van der Waals surface area contributed by atoms with E-state index in [1.807, 2.05) is 6.20 Å². The van der Waals surface area contributed by atoms with Crippen LogP contribution in [0.3, 0.4) is 0 Å². The van der Waals surface area contributed by atoms with Crippen molar-refractivity contribution in [3.8, 4) is 0 Å². The number of guanidine groups is 1. The third-order valence-corrected chi connectivity index (χ3v) is 5.15. The van der Waals surface area contributed by atoms with Crippen molar-refractivity contribution in [2.45, 2.75) is 59.5 Å². The Labute approximate surface area is 171 Å². The molecule has 1 saturated heterocycles. The van der Waals surface area contributed by atoms with Crippen LogP contribution in [0.5, 0.6) is 0 Å². The fourth-order valence-corrected chi connectivity index (χ4v) is 3.62. The van der Waals surface area contributed by atoms with Gasteiger partial charge in [-0.15, -0.1) is 0 Å². The molecule has 0 bridgehead atoms. The van der Waals surface area contributed by atoms with E-state index in [1.54, 1.807) is 0 Å². The van der Waals surface area contributed by atoms with Gasteiger partial charge in [0.25, 0.3) is 0 Å². The molecule has 0 aromatic carbocycles. The highest BCUT2D eigenvalue weighted by Crippen LogP contribution is 2.14.